The summed E-state index contributed by atoms with van der Waals surface area (Å²) in [5.41, 5.74) is 2.20. The molecule has 4 rings (SSSR count). The lowest BCUT2D eigenvalue weighted by molar-refractivity contribution is -0.120. The molecule has 0 aliphatic carbocycles. The van der Waals surface area contributed by atoms with Crippen LogP contribution in [0.4, 0.5) is 5.69 Å². The molecule has 35 heavy (non-hydrogen) atoms. The van der Waals surface area contributed by atoms with Gasteiger partial charge in [0, 0.05) is 25.2 Å². The number of carbonyl (C=O) groups excluding carboxylic acids is 1. The lowest BCUT2D eigenvalue weighted by Gasteiger charge is -2.34. The summed E-state index contributed by atoms with van der Waals surface area (Å²) < 4.78 is 54.8. The summed E-state index contributed by atoms with van der Waals surface area (Å²) in [4.78, 5) is 17.5. The van der Waals surface area contributed by atoms with Crippen molar-refractivity contribution in [3.8, 4) is 0 Å². The zero-order valence-electron chi connectivity index (χ0n) is 19.6. The Hall–Kier alpha value is -2.76. The maximum atomic E-state index is 13.2. The van der Waals surface area contributed by atoms with Gasteiger partial charge < -0.3 is 5.32 Å². The van der Waals surface area contributed by atoms with Crippen LogP contribution in [0.3, 0.4) is 0 Å². The number of amidine groups is 1. The van der Waals surface area contributed by atoms with Crippen molar-refractivity contribution in [1.82, 2.24) is 9.03 Å². The summed E-state index contributed by atoms with van der Waals surface area (Å²) in [6.07, 6.45) is 3.72. The van der Waals surface area contributed by atoms with E-state index in [1.165, 1.54) is 28.6 Å². The van der Waals surface area contributed by atoms with E-state index in [0.29, 0.717) is 24.5 Å². The minimum atomic E-state index is -3.79. The molecule has 0 fully saturated rings. The van der Waals surface area contributed by atoms with Crippen molar-refractivity contribution in [3.05, 3.63) is 59.7 Å². The van der Waals surface area contributed by atoms with E-state index < -0.39 is 32.0 Å². The number of fused-ring (bicyclic) bond motifs is 1. The van der Waals surface area contributed by atoms with Crippen LogP contribution in [0.5, 0.6) is 0 Å². The first kappa shape index (κ1) is 25.3. The fraction of sp³-hybridized carbons (Fsp3) is 0.417. The van der Waals surface area contributed by atoms with Crippen LogP contribution in [-0.4, -0.2) is 51.2 Å². The minimum Gasteiger partial charge on any atom is -0.325 e. The molecule has 2 heterocycles. The molecule has 0 bridgehead atoms. The van der Waals surface area contributed by atoms with Gasteiger partial charge in [-0.15, -0.1) is 0 Å². The number of amides is 1. The number of hydrogen-bond acceptors (Lipinski definition) is 6. The van der Waals surface area contributed by atoms with E-state index >= 15 is 0 Å². The lowest BCUT2D eigenvalue weighted by atomic mass is 9.95. The number of anilines is 1. The van der Waals surface area contributed by atoms with Crippen LogP contribution in [0, 0.1) is 0 Å². The van der Waals surface area contributed by atoms with Gasteiger partial charge in [-0.1, -0.05) is 30.7 Å². The van der Waals surface area contributed by atoms with Crippen molar-refractivity contribution >= 4 is 37.5 Å². The Bertz CT molecular complexity index is 1320. The van der Waals surface area contributed by atoms with Gasteiger partial charge in [0.15, 0.2) is 0 Å². The van der Waals surface area contributed by atoms with Gasteiger partial charge in [-0.05, 0) is 61.6 Å². The molecule has 0 aromatic heterocycles. The third-order valence-corrected chi connectivity index (χ3v) is 9.51. The predicted molar refractivity (Wildman–Crippen MR) is 135 cm³/mol. The van der Waals surface area contributed by atoms with Crippen LogP contribution in [-0.2, 0) is 37.8 Å². The highest BCUT2D eigenvalue weighted by atomic mass is 32.2. The van der Waals surface area contributed by atoms with Crippen LogP contribution in [0.25, 0.3) is 0 Å². The maximum Gasteiger partial charge on any atom is 0.262 e. The molecule has 2 aromatic rings. The summed E-state index contributed by atoms with van der Waals surface area (Å²) >= 11 is 0. The monoisotopic (exact) mass is 518 g/mol. The molecule has 2 N–H and O–H groups in total. The smallest absolute Gasteiger partial charge is 0.262 e. The molecule has 0 radical (unpaired) electrons. The lowest BCUT2D eigenvalue weighted by Crippen LogP contribution is -2.51. The van der Waals surface area contributed by atoms with Crippen LogP contribution in [0.15, 0.2) is 58.4 Å². The van der Waals surface area contributed by atoms with E-state index in [-0.39, 0.29) is 23.6 Å². The van der Waals surface area contributed by atoms with E-state index in [4.69, 9.17) is 0 Å². The van der Waals surface area contributed by atoms with Gasteiger partial charge in [0.05, 0.1) is 10.6 Å². The topological polar surface area (TPSA) is 125 Å². The second-order valence-corrected chi connectivity index (χ2v) is 12.6. The highest BCUT2D eigenvalue weighted by Crippen LogP contribution is 2.27. The molecule has 0 saturated heterocycles. The average molecular weight is 519 g/mol. The number of rotatable bonds is 6. The zero-order chi connectivity index (χ0) is 25.1. The van der Waals surface area contributed by atoms with Gasteiger partial charge in [0.1, 0.15) is 11.9 Å². The SMILES string of the molecule is CCS(=O)(=O)N1Cc2ccccc2CC1C(=O)Nc1ccc(S(=O)(=O)NC2=NCCCCC2)cc1. The molecule has 11 heteroatoms. The Labute approximate surface area is 206 Å². The molecule has 1 atom stereocenters. The standard InChI is InChI=1S/C24H30N4O5S2/c1-2-34(30,31)28-17-19-9-6-5-8-18(19)16-22(28)24(29)26-20-11-13-21(14-12-20)35(32,33)27-23-10-4-3-7-15-25-23/h5-6,8-9,11-14,22H,2-4,7,10,15-17H2,1H3,(H,25,27)(H,26,29). The van der Waals surface area contributed by atoms with E-state index in [1.54, 1.807) is 6.92 Å². The Morgan fingerprint density at radius 2 is 1.71 bits per heavy atom. The zero-order valence-corrected chi connectivity index (χ0v) is 21.2. The van der Waals surface area contributed by atoms with E-state index in [2.05, 4.69) is 15.0 Å². The van der Waals surface area contributed by atoms with Crippen LogP contribution < -0.4 is 10.0 Å². The fourth-order valence-corrected chi connectivity index (χ4v) is 6.61. The molecule has 2 aliphatic heterocycles. The summed E-state index contributed by atoms with van der Waals surface area (Å²) in [6.45, 7) is 2.30. The molecule has 2 aromatic carbocycles. The molecule has 2 aliphatic rings. The van der Waals surface area contributed by atoms with Crippen molar-refractivity contribution in [2.75, 3.05) is 17.6 Å². The van der Waals surface area contributed by atoms with Gasteiger partial charge in [-0.25, -0.2) is 16.8 Å². The second kappa shape index (κ2) is 10.5. The Morgan fingerprint density at radius 1 is 1.00 bits per heavy atom. The van der Waals surface area contributed by atoms with Crippen molar-refractivity contribution in [2.24, 2.45) is 4.99 Å². The summed E-state index contributed by atoms with van der Waals surface area (Å²) in [5, 5.41) is 2.75. The Morgan fingerprint density at radius 3 is 2.43 bits per heavy atom. The predicted octanol–water partition coefficient (Wildman–Crippen LogP) is 2.65. The first-order valence-corrected chi connectivity index (χ1v) is 14.8. The first-order valence-electron chi connectivity index (χ1n) is 11.7. The Balaban J connectivity index is 1.49. The Kier molecular flexibility index (Phi) is 7.58. The quantitative estimate of drug-likeness (QED) is 0.608. The van der Waals surface area contributed by atoms with Crippen molar-refractivity contribution in [2.45, 2.75) is 56.5 Å². The third kappa shape index (κ3) is 5.91. The number of carbonyl (C=O) groups is 1. The third-order valence-electron chi connectivity index (χ3n) is 6.29. The van der Waals surface area contributed by atoms with Crippen LogP contribution in [0.1, 0.15) is 43.7 Å². The molecule has 188 valence electrons. The fourth-order valence-electron chi connectivity index (χ4n) is 4.30. The summed E-state index contributed by atoms with van der Waals surface area (Å²) in [6, 6.07) is 12.4. The van der Waals surface area contributed by atoms with Crippen molar-refractivity contribution < 1.29 is 21.6 Å². The van der Waals surface area contributed by atoms with Gasteiger partial charge in [-0.2, -0.15) is 4.31 Å². The number of sulfonamides is 2. The first-order chi connectivity index (χ1) is 16.7. The van der Waals surface area contributed by atoms with Crippen molar-refractivity contribution in [3.63, 3.8) is 0 Å². The number of benzene rings is 2. The largest absolute Gasteiger partial charge is 0.325 e. The van der Waals surface area contributed by atoms with Crippen LogP contribution >= 0.6 is 0 Å². The molecular formula is C24H30N4O5S2. The normalized spacial score (nSPS) is 19.2. The molecule has 1 amide bonds. The number of hydrogen-bond donors (Lipinski definition) is 2. The molecule has 9 nitrogen and oxygen atoms in total. The van der Waals surface area contributed by atoms with E-state index in [1.807, 2.05) is 24.3 Å². The van der Waals surface area contributed by atoms with Gasteiger partial charge in [0.2, 0.25) is 15.9 Å². The second-order valence-electron chi connectivity index (χ2n) is 8.69. The molecular weight excluding hydrogens is 488 g/mol. The van der Waals surface area contributed by atoms with Gasteiger partial charge in [0.25, 0.3) is 10.0 Å². The highest BCUT2D eigenvalue weighted by molar-refractivity contribution is 7.90. The van der Waals surface area contributed by atoms with Crippen molar-refractivity contribution in [1.29, 1.82) is 0 Å². The van der Waals surface area contributed by atoms with Gasteiger partial charge in [-0.3, -0.25) is 14.5 Å². The number of nitrogens with one attached hydrogen (secondary N) is 2. The van der Waals surface area contributed by atoms with Crippen LogP contribution in [0.2, 0.25) is 0 Å². The van der Waals surface area contributed by atoms with Gasteiger partial charge >= 0.3 is 0 Å². The summed E-state index contributed by atoms with van der Waals surface area (Å²) in [7, 11) is -7.41. The maximum absolute atomic E-state index is 13.2. The van der Waals surface area contributed by atoms with E-state index in [0.717, 1.165) is 30.4 Å². The number of nitrogens with zero attached hydrogens (tertiary/aromatic N) is 2. The molecule has 0 saturated carbocycles. The average Bonchev–Trinajstić information content (AvgIpc) is 3.11. The molecule has 1 unspecified atom stereocenters. The summed E-state index contributed by atoms with van der Waals surface area (Å²) in [5.74, 6) is -0.100. The molecule has 0 spiro atoms. The highest BCUT2D eigenvalue weighted by Gasteiger charge is 2.38. The minimum absolute atomic E-state index is 0.0595. The number of aliphatic imine (C=N–C) groups is 1. The van der Waals surface area contributed by atoms with E-state index in [9.17, 15) is 21.6 Å².